The zero-order chi connectivity index (χ0) is 23.0. The van der Waals surface area contributed by atoms with Crippen molar-refractivity contribution < 1.29 is 23.5 Å². The molecule has 3 aliphatic rings. The van der Waals surface area contributed by atoms with E-state index < -0.39 is 11.8 Å². The summed E-state index contributed by atoms with van der Waals surface area (Å²) in [7, 11) is 0. The van der Waals surface area contributed by atoms with Crippen LogP contribution >= 0.6 is 0 Å². The Hall–Kier alpha value is -3.25. The molecule has 174 valence electrons. The van der Waals surface area contributed by atoms with Gasteiger partial charge in [0, 0.05) is 37.9 Å². The highest BCUT2D eigenvalue weighted by molar-refractivity contribution is 5.94. The normalized spacial score (nSPS) is 22.2. The van der Waals surface area contributed by atoms with E-state index in [-0.39, 0.29) is 25.0 Å². The Labute approximate surface area is 189 Å². The number of morpholine rings is 1. The number of esters is 1. The first-order valence-electron chi connectivity index (χ1n) is 10.9. The number of alkyl halides is 1. The number of aromatic nitrogens is 5. The van der Waals surface area contributed by atoms with Gasteiger partial charge in [0.2, 0.25) is 0 Å². The topological polar surface area (TPSA) is 116 Å². The van der Waals surface area contributed by atoms with Crippen LogP contribution in [0.25, 0.3) is 5.82 Å². The molecule has 0 bridgehead atoms. The lowest BCUT2D eigenvalue weighted by atomic mass is 9.88. The van der Waals surface area contributed by atoms with Crippen molar-refractivity contribution in [1.82, 2.24) is 35.0 Å². The number of halogens is 1. The number of nitrogens with zero attached hydrogens (tertiary/aromatic N) is 7. The molecule has 2 aromatic rings. The number of hydrogen-bond acceptors (Lipinski definition) is 9. The van der Waals surface area contributed by atoms with Gasteiger partial charge in [-0.25, -0.2) is 14.2 Å². The predicted octanol–water partition coefficient (Wildman–Crippen LogP) is 0.592. The number of likely N-dealkylation sites (tertiary alicyclic amines) is 1. The summed E-state index contributed by atoms with van der Waals surface area (Å²) in [4.78, 5) is 32.9. The summed E-state index contributed by atoms with van der Waals surface area (Å²) >= 11 is 0. The fraction of sp³-hybridized carbons (Fsp3) is 0.524. The molecule has 11 nitrogen and oxygen atoms in total. The Balaban J connectivity index is 1.20. The number of piperidine rings is 1. The van der Waals surface area contributed by atoms with Gasteiger partial charge in [-0.2, -0.15) is 4.68 Å². The van der Waals surface area contributed by atoms with Crippen LogP contribution in [0.5, 0.6) is 0 Å². The van der Waals surface area contributed by atoms with Gasteiger partial charge in [0.1, 0.15) is 24.7 Å². The van der Waals surface area contributed by atoms with Gasteiger partial charge in [-0.05, 0) is 36.3 Å². The fourth-order valence-electron chi connectivity index (χ4n) is 4.52. The number of cyclic esters (lactones) is 1. The molecule has 2 saturated heterocycles. The van der Waals surface area contributed by atoms with Gasteiger partial charge in [0.15, 0.2) is 5.82 Å². The highest BCUT2D eigenvalue weighted by Gasteiger charge is 2.49. The van der Waals surface area contributed by atoms with E-state index >= 15 is 0 Å². The number of amides is 1. The molecular formula is C21H24FN7O4. The first kappa shape index (κ1) is 21.6. The summed E-state index contributed by atoms with van der Waals surface area (Å²) in [6.07, 6.45) is 2.62. The Kier molecular flexibility index (Phi) is 5.62. The van der Waals surface area contributed by atoms with Gasteiger partial charge in [0.25, 0.3) is 5.91 Å². The van der Waals surface area contributed by atoms with E-state index in [9.17, 15) is 14.0 Å². The van der Waals surface area contributed by atoms with Crippen molar-refractivity contribution in [2.24, 2.45) is 0 Å². The molecule has 12 heteroatoms. The third-order valence-electron chi connectivity index (χ3n) is 6.53. The zero-order valence-electron chi connectivity index (χ0n) is 18.2. The Morgan fingerprint density at radius 3 is 2.67 bits per heavy atom. The molecule has 0 unspecified atom stereocenters. The molecular weight excluding hydrogens is 433 g/mol. The minimum Gasteiger partial charge on any atom is -0.456 e. The van der Waals surface area contributed by atoms with Crippen molar-refractivity contribution in [1.29, 1.82) is 0 Å². The maximum Gasteiger partial charge on any atom is 0.336 e. The molecule has 5 rings (SSSR count). The highest BCUT2D eigenvalue weighted by Crippen LogP contribution is 2.35. The maximum atomic E-state index is 15.0. The average molecular weight is 457 g/mol. The number of tetrazole rings is 1. The molecule has 0 radical (unpaired) electrons. The van der Waals surface area contributed by atoms with Crippen LogP contribution in [-0.2, 0) is 19.1 Å². The standard InChI is InChI=1S/C21H24FN7O4/c1-14-17(12-32-19(14)30)28-8-9-33-21(20(28)31)4-6-27(7-5-21)11-16(22)15-2-3-18(23-10-15)29-13-24-25-26-29/h2-3,10,13,16H,4-9,11-12H2,1H3/t16-/m0/s1. The minimum atomic E-state index is -1.22. The van der Waals surface area contributed by atoms with Crippen LogP contribution in [0.2, 0.25) is 0 Å². The Morgan fingerprint density at radius 1 is 1.21 bits per heavy atom. The quantitative estimate of drug-likeness (QED) is 0.595. The van der Waals surface area contributed by atoms with Gasteiger partial charge in [-0.3, -0.25) is 9.69 Å². The van der Waals surface area contributed by atoms with E-state index in [0.717, 1.165) is 0 Å². The molecule has 5 heterocycles. The van der Waals surface area contributed by atoms with Crippen LogP contribution in [0, 0.1) is 0 Å². The molecule has 1 amide bonds. The summed E-state index contributed by atoms with van der Waals surface area (Å²) in [6.45, 7) is 3.84. The number of carbonyl (C=O) groups is 2. The van der Waals surface area contributed by atoms with Crippen molar-refractivity contribution >= 4 is 11.9 Å². The van der Waals surface area contributed by atoms with Crippen LogP contribution in [0.1, 0.15) is 31.5 Å². The summed E-state index contributed by atoms with van der Waals surface area (Å²) < 4.78 is 27.4. The zero-order valence-corrected chi connectivity index (χ0v) is 18.2. The van der Waals surface area contributed by atoms with Gasteiger partial charge < -0.3 is 14.4 Å². The Morgan fingerprint density at radius 2 is 2.03 bits per heavy atom. The smallest absolute Gasteiger partial charge is 0.336 e. The van der Waals surface area contributed by atoms with Crippen molar-refractivity contribution in [3.05, 3.63) is 41.5 Å². The average Bonchev–Trinajstić information content (AvgIpc) is 3.48. The van der Waals surface area contributed by atoms with Gasteiger partial charge >= 0.3 is 5.97 Å². The van der Waals surface area contributed by atoms with Gasteiger partial charge in [-0.15, -0.1) is 5.10 Å². The number of ether oxygens (including phenoxy) is 2. The van der Waals surface area contributed by atoms with Crippen LogP contribution in [0.3, 0.4) is 0 Å². The first-order chi connectivity index (χ1) is 16.0. The number of carbonyl (C=O) groups excluding carboxylic acids is 2. The lowest BCUT2D eigenvalue weighted by Gasteiger charge is -2.46. The van der Waals surface area contributed by atoms with Gasteiger partial charge in [0.05, 0.1) is 17.9 Å². The fourth-order valence-corrected chi connectivity index (χ4v) is 4.52. The summed E-state index contributed by atoms with van der Waals surface area (Å²) in [5.74, 6) is -0.0176. The lowest BCUT2D eigenvalue weighted by molar-refractivity contribution is -0.177. The summed E-state index contributed by atoms with van der Waals surface area (Å²) in [5, 5.41) is 10.9. The van der Waals surface area contributed by atoms with E-state index in [1.54, 1.807) is 24.0 Å². The lowest BCUT2D eigenvalue weighted by Crippen LogP contribution is -2.60. The molecule has 1 spiro atoms. The third-order valence-corrected chi connectivity index (χ3v) is 6.53. The number of pyridine rings is 1. The summed E-state index contributed by atoms with van der Waals surface area (Å²) in [5.41, 5.74) is 0.625. The number of hydrogen-bond donors (Lipinski definition) is 0. The van der Waals surface area contributed by atoms with E-state index in [2.05, 4.69) is 20.5 Å². The van der Waals surface area contributed by atoms with Crippen molar-refractivity contribution in [2.45, 2.75) is 31.5 Å². The van der Waals surface area contributed by atoms with Crippen LogP contribution < -0.4 is 0 Å². The summed E-state index contributed by atoms with van der Waals surface area (Å²) in [6, 6.07) is 3.34. The largest absolute Gasteiger partial charge is 0.456 e. The highest BCUT2D eigenvalue weighted by atomic mass is 19.1. The molecule has 0 N–H and O–H groups in total. The van der Waals surface area contributed by atoms with Gasteiger partial charge in [-0.1, -0.05) is 6.07 Å². The third kappa shape index (κ3) is 4.00. The van der Waals surface area contributed by atoms with Crippen LogP contribution in [0.4, 0.5) is 4.39 Å². The molecule has 3 aliphatic heterocycles. The monoisotopic (exact) mass is 457 g/mol. The van der Waals surface area contributed by atoms with Crippen molar-refractivity contribution in [3.63, 3.8) is 0 Å². The molecule has 2 fully saturated rings. The first-order valence-corrected chi connectivity index (χ1v) is 10.9. The molecule has 0 aliphatic carbocycles. The van der Waals surface area contributed by atoms with E-state index in [1.165, 1.54) is 17.2 Å². The SMILES string of the molecule is CC1=C(N2CCOC3(CCN(C[C@H](F)c4ccc(-n5cnnn5)nc4)CC3)C2=O)COC1=O. The maximum absolute atomic E-state index is 15.0. The van der Waals surface area contributed by atoms with Crippen LogP contribution in [0.15, 0.2) is 35.9 Å². The minimum absolute atomic E-state index is 0.113. The predicted molar refractivity (Wildman–Crippen MR) is 111 cm³/mol. The van der Waals surface area contributed by atoms with E-state index in [4.69, 9.17) is 9.47 Å². The van der Waals surface area contributed by atoms with E-state index in [1.807, 2.05) is 4.90 Å². The molecule has 2 aromatic heterocycles. The second kappa shape index (κ2) is 8.60. The second-order valence-electron chi connectivity index (χ2n) is 8.42. The van der Waals surface area contributed by atoms with Crippen LogP contribution in [-0.4, -0.2) is 91.9 Å². The number of rotatable bonds is 5. The van der Waals surface area contributed by atoms with E-state index in [0.29, 0.717) is 61.7 Å². The molecule has 33 heavy (non-hydrogen) atoms. The van der Waals surface area contributed by atoms with Crippen molar-refractivity contribution in [3.8, 4) is 5.82 Å². The Bertz CT molecular complexity index is 1060. The van der Waals surface area contributed by atoms with Crippen molar-refractivity contribution in [2.75, 3.05) is 39.4 Å². The molecule has 0 saturated carbocycles. The second-order valence-corrected chi connectivity index (χ2v) is 8.42. The molecule has 1 atom stereocenters. The molecule has 0 aromatic carbocycles.